The molecule has 35 heavy (non-hydrogen) atoms. The minimum absolute atomic E-state index is 0.178. The highest BCUT2D eigenvalue weighted by Crippen LogP contribution is 2.37. The summed E-state index contributed by atoms with van der Waals surface area (Å²) in [5, 5.41) is 3.30. The van der Waals surface area contributed by atoms with E-state index in [4.69, 9.17) is 5.73 Å². The zero-order valence-electron chi connectivity index (χ0n) is 18.9. The molecule has 4 heterocycles. The molecule has 5 rings (SSSR count). The van der Waals surface area contributed by atoms with Crippen LogP contribution in [0.5, 0.6) is 0 Å². The lowest BCUT2D eigenvalue weighted by Crippen LogP contribution is -2.34. The van der Waals surface area contributed by atoms with Gasteiger partial charge in [0.2, 0.25) is 0 Å². The average Bonchev–Trinajstić information content (AvgIpc) is 3.35. The van der Waals surface area contributed by atoms with Crippen LogP contribution in [-0.4, -0.2) is 34.0 Å². The van der Waals surface area contributed by atoms with E-state index < -0.39 is 23.1 Å². The number of alkyl halides is 2. The molecular formula is C24H22F4N6S. The third-order valence-electron chi connectivity index (χ3n) is 5.70. The molecule has 0 atom stereocenters. The summed E-state index contributed by atoms with van der Waals surface area (Å²) < 4.78 is 56.6. The first-order valence-electron chi connectivity index (χ1n) is 10.9. The molecule has 182 valence electrons. The Labute approximate surface area is 202 Å². The molecule has 3 N–H and O–H groups in total. The van der Waals surface area contributed by atoms with Crippen LogP contribution < -0.4 is 16.0 Å². The zero-order chi connectivity index (χ0) is 25.0. The number of fused-ring (bicyclic) bond motifs is 1. The van der Waals surface area contributed by atoms with Gasteiger partial charge in [-0.05, 0) is 38.1 Å². The van der Waals surface area contributed by atoms with Gasteiger partial charge in [-0.15, -0.1) is 11.3 Å². The van der Waals surface area contributed by atoms with Gasteiger partial charge in [0, 0.05) is 25.2 Å². The minimum atomic E-state index is -2.75. The van der Waals surface area contributed by atoms with Crippen LogP contribution >= 0.6 is 11.3 Å². The van der Waals surface area contributed by atoms with Crippen molar-refractivity contribution >= 4 is 38.9 Å². The lowest BCUT2D eigenvalue weighted by Gasteiger charge is -2.28. The van der Waals surface area contributed by atoms with Crippen LogP contribution in [0.15, 0.2) is 42.6 Å². The summed E-state index contributed by atoms with van der Waals surface area (Å²) in [6, 6.07) is 8.72. The number of anilines is 3. The minimum Gasteiger partial charge on any atom is -0.364 e. The molecule has 0 amide bonds. The number of nitrogens with two attached hydrogens (primary N) is 1. The van der Waals surface area contributed by atoms with Crippen molar-refractivity contribution in [2.75, 3.05) is 23.3 Å². The number of rotatable bonds is 5. The number of halogens is 4. The molecule has 0 unspecified atom stereocenters. The summed E-state index contributed by atoms with van der Waals surface area (Å²) in [7, 11) is 0. The zero-order valence-corrected chi connectivity index (χ0v) is 19.8. The van der Waals surface area contributed by atoms with Gasteiger partial charge in [0.1, 0.15) is 28.3 Å². The Morgan fingerprint density at radius 1 is 1.09 bits per heavy atom. The van der Waals surface area contributed by atoms with Crippen molar-refractivity contribution in [2.24, 2.45) is 5.73 Å². The van der Waals surface area contributed by atoms with Gasteiger partial charge in [0.15, 0.2) is 0 Å². The summed E-state index contributed by atoms with van der Waals surface area (Å²) in [5.74, 6) is -3.28. The number of hydrogen-bond acceptors (Lipinski definition) is 7. The van der Waals surface area contributed by atoms with E-state index in [0.717, 1.165) is 11.3 Å². The van der Waals surface area contributed by atoms with Gasteiger partial charge in [-0.1, -0.05) is 6.07 Å². The van der Waals surface area contributed by atoms with E-state index in [2.05, 4.69) is 20.3 Å². The lowest BCUT2D eigenvalue weighted by molar-refractivity contribution is 0.0257. The van der Waals surface area contributed by atoms with Gasteiger partial charge < -0.3 is 16.0 Å². The molecule has 0 spiro atoms. The maximum absolute atomic E-state index is 14.2. The van der Waals surface area contributed by atoms with Gasteiger partial charge in [0.05, 0.1) is 39.2 Å². The molecule has 3 aromatic heterocycles. The Kier molecular flexibility index (Phi) is 5.64. The highest BCUT2D eigenvalue weighted by atomic mass is 32.1. The van der Waals surface area contributed by atoms with Crippen LogP contribution in [0.1, 0.15) is 26.0 Å². The van der Waals surface area contributed by atoms with E-state index in [9.17, 15) is 17.6 Å². The Balaban J connectivity index is 1.45. The van der Waals surface area contributed by atoms with Crippen LogP contribution in [0.3, 0.4) is 0 Å². The van der Waals surface area contributed by atoms with E-state index >= 15 is 0 Å². The van der Waals surface area contributed by atoms with Crippen molar-refractivity contribution in [1.29, 1.82) is 0 Å². The Morgan fingerprint density at radius 3 is 2.49 bits per heavy atom. The summed E-state index contributed by atoms with van der Waals surface area (Å²) in [6.07, 6.45) is 1.35. The summed E-state index contributed by atoms with van der Waals surface area (Å²) in [5.41, 5.74) is 6.83. The van der Waals surface area contributed by atoms with Gasteiger partial charge in [-0.25, -0.2) is 32.5 Å². The maximum Gasteiger partial charge on any atom is 0.266 e. The standard InChI is InChI=1S/C24H22F4N6S/c1-23(2,29)21-16(34-9-8-24(27,28)12-34)6-7-18(33-21)32-19-10-15-17(11-30-19)35-22(31-15)20-13(25)4-3-5-14(20)26/h3-7,10-11H,8-9,12,29H2,1-2H3,(H,30,32,33). The van der Waals surface area contributed by atoms with E-state index in [-0.39, 0.29) is 30.1 Å². The molecule has 1 aromatic carbocycles. The number of aromatic nitrogens is 3. The first-order valence-corrected chi connectivity index (χ1v) is 11.7. The van der Waals surface area contributed by atoms with Gasteiger partial charge >= 0.3 is 0 Å². The van der Waals surface area contributed by atoms with E-state index in [1.54, 1.807) is 43.1 Å². The van der Waals surface area contributed by atoms with E-state index in [1.165, 1.54) is 18.2 Å². The van der Waals surface area contributed by atoms with Crippen molar-refractivity contribution in [1.82, 2.24) is 15.0 Å². The first-order chi connectivity index (χ1) is 16.5. The highest BCUT2D eigenvalue weighted by Gasteiger charge is 2.40. The Bertz CT molecular complexity index is 1390. The smallest absolute Gasteiger partial charge is 0.266 e. The van der Waals surface area contributed by atoms with Crippen LogP contribution in [0.4, 0.5) is 34.9 Å². The molecule has 6 nitrogen and oxygen atoms in total. The third-order valence-corrected chi connectivity index (χ3v) is 6.73. The highest BCUT2D eigenvalue weighted by molar-refractivity contribution is 7.21. The van der Waals surface area contributed by atoms with Crippen LogP contribution in [0.2, 0.25) is 0 Å². The molecule has 1 aliphatic rings. The number of benzene rings is 1. The molecule has 0 aliphatic carbocycles. The van der Waals surface area contributed by atoms with Gasteiger partial charge in [-0.3, -0.25) is 0 Å². The van der Waals surface area contributed by atoms with Crippen LogP contribution in [0.25, 0.3) is 20.8 Å². The monoisotopic (exact) mass is 502 g/mol. The normalized spacial score (nSPS) is 15.7. The summed E-state index contributed by atoms with van der Waals surface area (Å²) >= 11 is 1.14. The second-order valence-electron chi connectivity index (χ2n) is 9.09. The molecule has 1 aliphatic heterocycles. The molecule has 1 fully saturated rings. The molecule has 4 aromatic rings. The number of hydrogen-bond donors (Lipinski definition) is 2. The van der Waals surface area contributed by atoms with Crippen molar-refractivity contribution in [2.45, 2.75) is 31.7 Å². The van der Waals surface area contributed by atoms with E-state index in [1.807, 2.05) is 0 Å². The number of nitrogens with one attached hydrogen (secondary N) is 1. The second-order valence-corrected chi connectivity index (χ2v) is 10.1. The number of pyridine rings is 2. The van der Waals surface area contributed by atoms with Gasteiger partial charge in [0.25, 0.3) is 5.92 Å². The van der Waals surface area contributed by atoms with Gasteiger partial charge in [-0.2, -0.15) is 0 Å². The van der Waals surface area contributed by atoms with Crippen LogP contribution in [-0.2, 0) is 5.54 Å². The predicted octanol–water partition coefficient (Wildman–Crippen LogP) is 5.81. The molecule has 0 radical (unpaired) electrons. The SMILES string of the molecule is CC(C)(N)c1nc(Nc2cc3nc(-c4c(F)cccc4F)sc3cn2)ccc1N1CCC(F)(F)C1. The van der Waals surface area contributed by atoms with Crippen molar-refractivity contribution < 1.29 is 17.6 Å². The maximum atomic E-state index is 14.2. The number of thiazole rings is 1. The fourth-order valence-electron chi connectivity index (χ4n) is 4.04. The fraction of sp³-hybridized carbons (Fsp3) is 0.292. The molecule has 1 saturated heterocycles. The quantitative estimate of drug-likeness (QED) is 0.335. The van der Waals surface area contributed by atoms with Crippen LogP contribution in [0, 0.1) is 11.6 Å². The topological polar surface area (TPSA) is 80.0 Å². The summed E-state index contributed by atoms with van der Waals surface area (Å²) in [4.78, 5) is 14.9. The average molecular weight is 503 g/mol. The van der Waals surface area contributed by atoms with Crippen molar-refractivity contribution in [3.05, 3.63) is 59.9 Å². The largest absolute Gasteiger partial charge is 0.364 e. The molecule has 0 saturated carbocycles. The number of nitrogens with zero attached hydrogens (tertiary/aromatic N) is 4. The Hall–Kier alpha value is -3.31. The van der Waals surface area contributed by atoms with Crippen molar-refractivity contribution in [3.8, 4) is 10.6 Å². The molecule has 11 heteroatoms. The van der Waals surface area contributed by atoms with Crippen molar-refractivity contribution in [3.63, 3.8) is 0 Å². The third kappa shape index (κ3) is 4.65. The Morgan fingerprint density at radius 2 is 1.83 bits per heavy atom. The van der Waals surface area contributed by atoms with E-state index in [0.29, 0.717) is 33.2 Å². The fourth-order valence-corrected chi connectivity index (χ4v) is 5.00. The second kappa shape index (κ2) is 8.42. The summed E-state index contributed by atoms with van der Waals surface area (Å²) in [6.45, 7) is 3.37. The first kappa shape index (κ1) is 23.4. The molecule has 0 bridgehead atoms. The molecular weight excluding hydrogens is 480 g/mol. The predicted molar refractivity (Wildman–Crippen MR) is 129 cm³/mol. The lowest BCUT2D eigenvalue weighted by atomic mass is 9.99.